The van der Waals surface area contributed by atoms with E-state index in [0.717, 1.165) is 12.1 Å². The summed E-state index contributed by atoms with van der Waals surface area (Å²) in [7, 11) is 0. The average Bonchev–Trinajstić information content (AvgIpc) is 2.17. The predicted octanol–water partition coefficient (Wildman–Crippen LogP) is 2.08. The molecule has 3 nitrogen and oxygen atoms in total. The maximum atomic E-state index is 12.7. The molecule has 0 bridgehead atoms. The highest BCUT2D eigenvalue weighted by molar-refractivity contribution is 6.31. The number of hydrogen-bond donors (Lipinski definition) is 1. The zero-order valence-electron chi connectivity index (χ0n) is 8.04. The van der Waals surface area contributed by atoms with Crippen LogP contribution in [0.2, 0.25) is 5.02 Å². The van der Waals surface area contributed by atoms with Gasteiger partial charge in [-0.2, -0.15) is 0 Å². The van der Waals surface area contributed by atoms with E-state index in [1.807, 2.05) is 0 Å². The normalized spacial score (nSPS) is 12.3. The Morgan fingerprint density at radius 1 is 1.67 bits per heavy atom. The van der Waals surface area contributed by atoms with Gasteiger partial charge in [0.1, 0.15) is 5.82 Å². The van der Waals surface area contributed by atoms with Gasteiger partial charge in [-0.25, -0.2) is 9.18 Å². The quantitative estimate of drug-likeness (QED) is 0.812. The number of carbonyl (C=O) groups is 1. The van der Waals surface area contributed by atoms with E-state index in [0.29, 0.717) is 0 Å². The third kappa shape index (κ3) is 2.91. The van der Waals surface area contributed by atoms with Crippen molar-refractivity contribution in [1.29, 1.82) is 0 Å². The summed E-state index contributed by atoms with van der Waals surface area (Å²) in [4.78, 5) is 11.2. The first-order valence-corrected chi connectivity index (χ1v) is 4.73. The molecule has 1 N–H and O–H groups in total. The van der Waals surface area contributed by atoms with E-state index in [2.05, 4.69) is 4.74 Å². The molecule has 15 heavy (non-hydrogen) atoms. The summed E-state index contributed by atoms with van der Waals surface area (Å²) in [6.45, 7) is 1.78. The Bertz CT molecular complexity index is 368. The van der Waals surface area contributed by atoms with Crippen LogP contribution >= 0.6 is 11.6 Å². The highest BCUT2D eigenvalue weighted by atomic mass is 35.5. The fourth-order valence-electron chi connectivity index (χ4n) is 1.07. The minimum atomic E-state index is -1.47. The molecular weight excluding hydrogens is 223 g/mol. The minimum Gasteiger partial charge on any atom is -0.464 e. The molecule has 5 heteroatoms. The summed E-state index contributed by atoms with van der Waals surface area (Å²) in [6, 6.07) is 3.39. The number of hydrogen-bond acceptors (Lipinski definition) is 3. The molecule has 82 valence electrons. The van der Waals surface area contributed by atoms with Crippen LogP contribution in [0.4, 0.5) is 4.39 Å². The molecular formula is C10H10ClFO3. The number of aliphatic hydroxyl groups excluding tert-OH is 1. The summed E-state index contributed by atoms with van der Waals surface area (Å²) in [5.41, 5.74) is 0.136. The molecule has 1 aromatic rings. The standard InChI is InChI=1S/C10H10ClFO3/c1-2-15-10(14)9(13)7-4-3-6(12)5-8(7)11/h3-5,9,13H,2H2,1H3. The summed E-state index contributed by atoms with van der Waals surface area (Å²) >= 11 is 5.66. The Hall–Kier alpha value is -1.13. The van der Waals surface area contributed by atoms with Crippen LogP contribution in [0.3, 0.4) is 0 Å². The molecule has 0 aliphatic rings. The van der Waals surface area contributed by atoms with Crippen LogP contribution in [0.5, 0.6) is 0 Å². The number of esters is 1. The SMILES string of the molecule is CCOC(=O)C(O)c1ccc(F)cc1Cl. The van der Waals surface area contributed by atoms with Crippen molar-refractivity contribution in [2.75, 3.05) is 6.61 Å². The molecule has 0 heterocycles. The van der Waals surface area contributed by atoms with Crippen molar-refractivity contribution in [1.82, 2.24) is 0 Å². The van der Waals surface area contributed by atoms with E-state index in [1.165, 1.54) is 6.07 Å². The second-order valence-electron chi connectivity index (χ2n) is 2.82. The van der Waals surface area contributed by atoms with Gasteiger partial charge in [-0.3, -0.25) is 0 Å². The maximum absolute atomic E-state index is 12.7. The van der Waals surface area contributed by atoms with Crippen LogP contribution in [0.15, 0.2) is 18.2 Å². The van der Waals surface area contributed by atoms with Crippen molar-refractivity contribution < 1.29 is 19.0 Å². The molecule has 0 fully saturated rings. The Labute approximate surface area is 91.4 Å². The van der Waals surface area contributed by atoms with Gasteiger partial charge in [0, 0.05) is 10.6 Å². The Kier molecular flexibility index (Phi) is 4.05. The van der Waals surface area contributed by atoms with Crippen LogP contribution in [0, 0.1) is 5.82 Å². The van der Waals surface area contributed by atoms with Gasteiger partial charge in [0.2, 0.25) is 0 Å². The molecule has 0 aliphatic heterocycles. The Morgan fingerprint density at radius 2 is 2.33 bits per heavy atom. The number of halogens is 2. The zero-order chi connectivity index (χ0) is 11.4. The van der Waals surface area contributed by atoms with Crippen molar-refractivity contribution in [3.63, 3.8) is 0 Å². The van der Waals surface area contributed by atoms with Crippen LogP contribution in [0.25, 0.3) is 0 Å². The fourth-order valence-corrected chi connectivity index (χ4v) is 1.34. The largest absolute Gasteiger partial charge is 0.464 e. The molecule has 0 aliphatic carbocycles. The van der Waals surface area contributed by atoms with Gasteiger partial charge in [0.15, 0.2) is 6.10 Å². The lowest BCUT2D eigenvalue weighted by Crippen LogP contribution is -2.15. The minimum absolute atomic E-state index is 0.00412. The van der Waals surface area contributed by atoms with Crippen LogP contribution in [-0.4, -0.2) is 17.7 Å². The molecule has 0 aromatic heterocycles. The molecule has 0 saturated carbocycles. The van der Waals surface area contributed by atoms with E-state index in [4.69, 9.17) is 11.6 Å². The first kappa shape index (κ1) is 11.9. The Morgan fingerprint density at radius 3 is 2.87 bits per heavy atom. The lowest BCUT2D eigenvalue weighted by molar-refractivity contribution is -0.153. The van der Waals surface area contributed by atoms with Gasteiger partial charge in [-0.1, -0.05) is 17.7 Å². The van der Waals surface area contributed by atoms with Gasteiger partial charge >= 0.3 is 5.97 Å². The monoisotopic (exact) mass is 232 g/mol. The number of carbonyl (C=O) groups excluding carboxylic acids is 1. The average molecular weight is 233 g/mol. The lowest BCUT2D eigenvalue weighted by Gasteiger charge is -2.11. The maximum Gasteiger partial charge on any atom is 0.339 e. The van der Waals surface area contributed by atoms with Crippen molar-refractivity contribution in [2.24, 2.45) is 0 Å². The molecule has 1 unspecified atom stereocenters. The number of benzene rings is 1. The smallest absolute Gasteiger partial charge is 0.339 e. The number of rotatable bonds is 3. The van der Waals surface area contributed by atoms with Gasteiger partial charge in [-0.05, 0) is 19.1 Å². The van der Waals surface area contributed by atoms with Gasteiger partial charge in [0.25, 0.3) is 0 Å². The molecule has 0 radical (unpaired) electrons. The highest BCUT2D eigenvalue weighted by Crippen LogP contribution is 2.24. The van der Waals surface area contributed by atoms with Crippen molar-refractivity contribution in [3.8, 4) is 0 Å². The second-order valence-corrected chi connectivity index (χ2v) is 3.23. The van der Waals surface area contributed by atoms with Gasteiger partial charge < -0.3 is 9.84 Å². The first-order chi connectivity index (χ1) is 7.06. The lowest BCUT2D eigenvalue weighted by atomic mass is 10.1. The molecule has 0 saturated heterocycles. The van der Waals surface area contributed by atoms with Gasteiger partial charge in [0.05, 0.1) is 6.61 Å². The van der Waals surface area contributed by atoms with E-state index in [9.17, 15) is 14.3 Å². The van der Waals surface area contributed by atoms with E-state index in [-0.39, 0.29) is 17.2 Å². The Balaban J connectivity index is 2.91. The third-order valence-electron chi connectivity index (χ3n) is 1.77. The highest BCUT2D eigenvalue weighted by Gasteiger charge is 2.21. The van der Waals surface area contributed by atoms with E-state index >= 15 is 0 Å². The summed E-state index contributed by atoms with van der Waals surface area (Å²) in [5.74, 6) is -1.33. The van der Waals surface area contributed by atoms with Crippen molar-refractivity contribution in [2.45, 2.75) is 13.0 Å². The molecule has 1 aromatic carbocycles. The van der Waals surface area contributed by atoms with Crippen LogP contribution in [0.1, 0.15) is 18.6 Å². The summed E-state index contributed by atoms with van der Waals surface area (Å²) in [5, 5.41) is 9.51. The fraction of sp³-hybridized carbons (Fsp3) is 0.300. The summed E-state index contributed by atoms with van der Waals surface area (Å²) in [6.07, 6.45) is -1.47. The van der Waals surface area contributed by atoms with Gasteiger partial charge in [-0.15, -0.1) is 0 Å². The van der Waals surface area contributed by atoms with E-state index in [1.54, 1.807) is 6.92 Å². The predicted molar refractivity (Wildman–Crippen MR) is 53.0 cm³/mol. The molecule has 0 spiro atoms. The van der Waals surface area contributed by atoms with Crippen LogP contribution in [-0.2, 0) is 9.53 Å². The molecule has 0 amide bonds. The zero-order valence-corrected chi connectivity index (χ0v) is 8.79. The third-order valence-corrected chi connectivity index (χ3v) is 2.09. The first-order valence-electron chi connectivity index (χ1n) is 4.36. The second kappa shape index (κ2) is 5.09. The van der Waals surface area contributed by atoms with Crippen LogP contribution < -0.4 is 0 Å². The number of aliphatic hydroxyl groups is 1. The number of ether oxygens (including phenoxy) is 1. The summed E-state index contributed by atoms with van der Waals surface area (Å²) < 4.78 is 17.3. The van der Waals surface area contributed by atoms with Crippen molar-refractivity contribution in [3.05, 3.63) is 34.6 Å². The van der Waals surface area contributed by atoms with Crippen molar-refractivity contribution >= 4 is 17.6 Å². The molecule has 1 rings (SSSR count). The van der Waals surface area contributed by atoms with E-state index < -0.39 is 17.9 Å². The molecule has 1 atom stereocenters. The topological polar surface area (TPSA) is 46.5 Å².